The predicted molar refractivity (Wildman–Crippen MR) is 95.0 cm³/mol. The lowest BCUT2D eigenvalue weighted by Crippen LogP contribution is -2.30. The number of benzene rings is 1. The third-order valence-corrected chi connectivity index (χ3v) is 3.54. The zero-order chi connectivity index (χ0) is 18.0. The van der Waals surface area contributed by atoms with Gasteiger partial charge in [0.15, 0.2) is 5.82 Å². The van der Waals surface area contributed by atoms with E-state index in [4.69, 9.17) is 11.8 Å². The van der Waals surface area contributed by atoms with Crippen molar-refractivity contribution in [2.24, 2.45) is 4.99 Å². The smallest absolute Gasteiger partial charge is 0.412 e. The first kappa shape index (κ1) is 14.5. The van der Waals surface area contributed by atoms with E-state index in [1.165, 1.54) is 0 Å². The first-order valence-electron chi connectivity index (χ1n) is 8.14. The van der Waals surface area contributed by atoms with Crippen molar-refractivity contribution < 1.29 is 10.9 Å². The molecule has 2 aromatic rings. The van der Waals surface area contributed by atoms with Crippen LogP contribution in [0.5, 0.6) is 0 Å². The van der Waals surface area contributed by atoms with Crippen LogP contribution in [-0.2, 0) is 4.74 Å². The first-order valence-corrected chi connectivity index (χ1v) is 7.64. The van der Waals surface area contributed by atoms with E-state index < -0.39 is 6.09 Å². The molecule has 0 unspecified atom stereocenters. The van der Waals surface area contributed by atoms with Crippen LogP contribution in [0, 0.1) is 0 Å². The van der Waals surface area contributed by atoms with Crippen LogP contribution < -0.4 is 16.4 Å². The number of rotatable bonds is 3. The molecule has 2 heterocycles. The van der Waals surface area contributed by atoms with Gasteiger partial charge < -0.3 is 15.8 Å². The predicted octanol–water partition coefficient (Wildman–Crippen LogP) is 3.17. The second-order valence-electron chi connectivity index (χ2n) is 5.29. The Labute approximate surface area is 141 Å². The number of pyridine rings is 1. The van der Waals surface area contributed by atoms with Gasteiger partial charge in [-0.1, -0.05) is 30.3 Å². The Morgan fingerprint density at radius 1 is 1.50 bits per heavy atom. The van der Waals surface area contributed by atoms with Gasteiger partial charge in [-0.05, 0) is 19.4 Å². The van der Waals surface area contributed by atoms with Gasteiger partial charge in [-0.2, -0.15) is 0 Å². The highest BCUT2D eigenvalue weighted by Gasteiger charge is 2.23. The molecule has 0 radical (unpaired) electrons. The number of nitrogens with zero attached hydrogens (tertiary/aromatic N) is 2. The quantitative estimate of drug-likeness (QED) is 0.804. The number of carbonyl (C=O) groups is 1. The van der Waals surface area contributed by atoms with E-state index in [1.807, 2.05) is 19.1 Å². The molecule has 1 aliphatic heterocycles. The molecule has 1 aromatic heterocycles. The Morgan fingerprint density at radius 3 is 3.08 bits per heavy atom. The van der Waals surface area contributed by atoms with Gasteiger partial charge in [0.25, 0.3) is 0 Å². The van der Waals surface area contributed by atoms with Gasteiger partial charge in [0.1, 0.15) is 11.5 Å². The van der Waals surface area contributed by atoms with Gasteiger partial charge in [0.2, 0.25) is 0 Å². The van der Waals surface area contributed by atoms with E-state index >= 15 is 0 Å². The molecule has 3 rings (SSSR count). The SMILES string of the molecule is [2H]c1cccc(C2=Nc3c(cc(NC(=O)OCC)nc3N)N[C@H]2C)c1. The maximum Gasteiger partial charge on any atom is 0.412 e. The van der Waals surface area contributed by atoms with E-state index in [2.05, 4.69) is 20.6 Å². The molecule has 1 atom stereocenters. The van der Waals surface area contributed by atoms with Crippen LogP contribution in [-0.4, -0.2) is 29.4 Å². The number of hydrogen-bond acceptors (Lipinski definition) is 6. The van der Waals surface area contributed by atoms with Crippen molar-refractivity contribution in [3.63, 3.8) is 0 Å². The van der Waals surface area contributed by atoms with E-state index in [0.717, 1.165) is 11.3 Å². The fourth-order valence-corrected chi connectivity index (χ4v) is 2.51. The summed E-state index contributed by atoms with van der Waals surface area (Å²) in [5, 5.41) is 5.84. The number of carbonyl (C=O) groups excluding carboxylic acids is 1. The molecular weight excluding hydrogens is 306 g/mol. The average Bonchev–Trinajstić information content (AvgIpc) is 2.54. The van der Waals surface area contributed by atoms with Crippen LogP contribution >= 0.6 is 0 Å². The summed E-state index contributed by atoms with van der Waals surface area (Å²) >= 11 is 0. The van der Waals surface area contributed by atoms with Gasteiger partial charge >= 0.3 is 6.09 Å². The fourth-order valence-electron chi connectivity index (χ4n) is 2.51. The van der Waals surface area contributed by atoms with Crippen molar-refractivity contribution in [3.8, 4) is 0 Å². The minimum Gasteiger partial charge on any atom is -0.450 e. The summed E-state index contributed by atoms with van der Waals surface area (Å²) in [6.45, 7) is 3.96. The zero-order valence-electron chi connectivity index (χ0n) is 14.5. The average molecular weight is 326 g/mol. The van der Waals surface area contributed by atoms with Gasteiger partial charge in [-0.25, -0.2) is 14.8 Å². The summed E-state index contributed by atoms with van der Waals surface area (Å²) < 4.78 is 12.6. The van der Waals surface area contributed by atoms with Crippen molar-refractivity contribution in [3.05, 3.63) is 41.9 Å². The minimum atomic E-state index is -0.588. The van der Waals surface area contributed by atoms with E-state index in [-0.39, 0.29) is 18.5 Å². The van der Waals surface area contributed by atoms with Gasteiger partial charge in [0, 0.05) is 6.07 Å². The number of hydrogen-bond donors (Lipinski definition) is 3. The van der Waals surface area contributed by atoms with Crippen LogP contribution in [0.1, 0.15) is 20.8 Å². The van der Waals surface area contributed by atoms with E-state index in [1.54, 1.807) is 25.1 Å². The zero-order valence-corrected chi connectivity index (χ0v) is 13.5. The lowest BCUT2D eigenvalue weighted by atomic mass is 10.0. The highest BCUT2D eigenvalue weighted by Crippen LogP contribution is 2.37. The van der Waals surface area contributed by atoms with E-state index in [9.17, 15) is 4.79 Å². The highest BCUT2D eigenvalue weighted by atomic mass is 16.5. The Morgan fingerprint density at radius 2 is 2.33 bits per heavy atom. The number of ether oxygens (including phenoxy) is 1. The molecule has 1 aromatic carbocycles. The standard InChI is InChI=1S/C17H19N5O2/c1-3-24-17(23)21-13-9-12-15(16(18)20-13)22-14(10(2)19-12)11-7-5-4-6-8-11/h4-10,19H,3H2,1-2H3,(H3,18,20,21,23)/t10-/m0/s1/i5D. The number of nitrogens with two attached hydrogens (primary N) is 1. The molecule has 0 spiro atoms. The molecule has 0 fully saturated rings. The molecule has 7 nitrogen and oxygen atoms in total. The number of aromatic nitrogens is 1. The lowest BCUT2D eigenvalue weighted by molar-refractivity contribution is 0.168. The summed E-state index contributed by atoms with van der Waals surface area (Å²) in [5.41, 5.74) is 8.84. The third-order valence-electron chi connectivity index (χ3n) is 3.54. The van der Waals surface area contributed by atoms with Crippen LogP contribution in [0.2, 0.25) is 0 Å². The Balaban J connectivity index is 1.97. The highest BCUT2D eigenvalue weighted by molar-refractivity contribution is 6.10. The molecule has 124 valence electrons. The number of nitrogens with one attached hydrogen (secondary N) is 2. The second kappa shape index (κ2) is 6.57. The van der Waals surface area contributed by atoms with Gasteiger partial charge in [0.05, 0.1) is 25.4 Å². The normalized spacial score (nSPS) is 16.3. The van der Waals surface area contributed by atoms with Crippen molar-refractivity contribution in [2.45, 2.75) is 19.9 Å². The van der Waals surface area contributed by atoms with Crippen LogP contribution in [0.15, 0.2) is 41.4 Å². The maximum absolute atomic E-state index is 11.5. The Kier molecular flexibility index (Phi) is 3.97. The molecular formula is C17H19N5O2. The van der Waals surface area contributed by atoms with Crippen LogP contribution in [0.25, 0.3) is 0 Å². The van der Waals surface area contributed by atoms with Crippen molar-refractivity contribution in [1.29, 1.82) is 0 Å². The van der Waals surface area contributed by atoms with Crippen LogP contribution in [0.4, 0.5) is 27.8 Å². The number of anilines is 3. The monoisotopic (exact) mass is 326 g/mol. The molecule has 24 heavy (non-hydrogen) atoms. The molecule has 4 N–H and O–H groups in total. The first-order chi connectivity index (χ1) is 12.0. The number of amides is 1. The summed E-state index contributed by atoms with van der Waals surface area (Å²) in [5.74, 6) is 0.490. The molecule has 0 aliphatic carbocycles. The summed E-state index contributed by atoms with van der Waals surface area (Å²) in [7, 11) is 0. The maximum atomic E-state index is 11.5. The summed E-state index contributed by atoms with van der Waals surface area (Å²) in [4.78, 5) is 20.3. The third kappa shape index (κ3) is 3.15. The molecule has 1 aliphatic rings. The summed E-state index contributed by atoms with van der Waals surface area (Å²) in [6, 6.07) is 9.17. The molecule has 0 bridgehead atoms. The van der Waals surface area contributed by atoms with Crippen molar-refractivity contribution in [2.75, 3.05) is 23.0 Å². The van der Waals surface area contributed by atoms with E-state index in [0.29, 0.717) is 23.2 Å². The largest absolute Gasteiger partial charge is 0.450 e. The summed E-state index contributed by atoms with van der Waals surface area (Å²) in [6.07, 6.45) is -0.588. The van der Waals surface area contributed by atoms with Crippen molar-refractivity contribution in [1.82, 2.24) is 4.98 Å². The fraction of sp³-hybridized carbons (Fsp3) is 0.235. The Hall–Kier alpha value is -3.09. The van der Waals surface area contributed by atoms with Crippen LogP contribution in [0.3, 0.4) is 0 Å². The van der Waals surface area contributed by atoms with Gasteiger partial charge in [-0.3, -0.25) is 5.32 Å². The molecule has 0 saturated heterocycles. The molecule has 0 saturated carbocycles. The number of fused-ring (bicyclic) bond motifs is 1. The number of nitrogen functional groups attached to an aromatic ring is 1. The Bertz CT molecular complexity index is 853. The second-order valence-corrected chi connectivity index (χ2v) is 5.29. The number of aliphatic imine (C=N–C) groups is 1. The molecule has 1 amide bonds. The van der Waals surface area contributed by atoms with Gasteiger partial charge in [-0.15, -0.1) is 0 Å². The topological polar surface area (TPSA) is 102 Å². The lowest BCUT2D eigenvalue weighted by Gasteiger charge is -2.25. The molecule has 7 heteroatoms. The van der Waals surface area contributed by atoms with Crippen molar-refractivity contribution >= 4 is 34.8 Å². The minimum absolute atomic E-state index is 0.0912.